The molecule has 2 amide bonds. The van der Waals surface area contributed by atoms with Gasteiger partial charge in [0, 0.05) is 37.6 Å². The van der Waals surface area contributed by atoms with Crippen molar-refractivity contribution in [3.63, 3.8) is 0 Å². The van der Waals surface area contributed by atoms with Gasteiger partial charge in [0.15, 0.2) is 0 Å². The average molecular weight is 624 g/mol. The maximum atomic E-state index is 13.2. The lowest BCUT2D eigenvalue weighted by atomic mass is 10.2. The molecule has 3 N–H and O–H groups in total. The van der Waals surface area contributed by atoms with Crippen molar-refractivity contribution in [2.45, 2.75) is 4.21 Å². The van der Waals surface area contributed by atoms with E-state index < -0.39 is 16.1 Å². The van der Waals surface area contributed by atoms with Gasteiger partial charge in [-0.3, -0.25) is 14.3 Å². The van der Waals surface area contributed by atoms with E-state index >= 15 is 0 Å². The molecule has 0 bridgehead atoms. The highest BCUT2D eigenvalue weighted by molar-refractivity contribution is 7.92. The fourth-order valence-corrected chi connectivity index (χ4v) is 6.80. The summed E-state index contributed by atoms with van der Waals surface area (Å²) in [5, 5.41) is 6.35. The summed E-state index contributed by atoms with van der Waals surface area (Å²) < 4.78 is 33.4. The average Bonchev–Trinajstić information content (AvgIpc) is 3.37. The lowest BCUT2D eigenvalue weighted by Crippen LogP contribution is -2.39. The third kappa shape index (κ3) is 6.57. The Morgan fingerprint density at radius 3 is 2.55 bits per heavy atom. The van der Waals surface area contributed by atoms with E-state index in [9.17, 15) is 18.0 Å². The van der Waals surface area contributed by atoms with Crippen molar-refractivity contribution in [2.75, 3.05) is 50.0 Å². The Morgan fingerprint density at radius 2 is 1.82 bits per heavy atom. The molecule has 11 nitrogen and oxygen atoms in total. The molecule has 210 valence electrons. The molecule has 1 saturated heterocycles. The van der Waals surface area contributed by atoms with Crippen LogP contribution in [0, 0.1) is 0 Å². The predicted octanol–water partition coefficient (Wildman–Crippen LogP) is 4.01. The molecular formula is C25H24Cl2N6O5S2. The number of carbonyl (C=O) groups is 1. The number of fused-ring (bicyclic) bond motifs is 1. The molecule has 1 fully saturated rings. The van der Waals surface area contributed by atoms with Crippen molar-refractivity contribution in [1.29, 1.82) is 0 Å². The number of hydrogen-bond acceptors (Lipinski definition) is 9. The van der Waals surface area contributed by atoms with Crippen molar-refractivity contribution in [1.82, 2.24) is 19.2 Å². The highest BCUT2D eigenvalue weighted by atomic mass is 35.5. The van der Waals surface area contributed by atoms with Crippen molar-refractivity contribution in [2.24, 2.45) is 0 Å². The van der Waals surface area contributed by atoms with Gasteiger partial charge in [0.2, 0.25) is 0 Å². The fourth-order valence-electron chi connectivity index (χ4n) is 4.14. The van der Waals surface area contributed by atoms with Gasteiger partial charge in [-0.25, -0.2) is 22.9 Å². The van der Waals surface area contributed by atoms with E-state index in [-0.39, 0.29) is 24.8 Å². The van der Waals surface area contributed by atoms with E-state index in [2.05, 4.69) is 20.5 Å². The number of morpholine rings is 1. The standard InChI is InChI=1S/C25H24Cl2N6O5S2/c26-19-13-17(30-25(35)31-40(36,37)23-6-5-22(27)39-23)2-4-21(19)33-15-29-20-14-16(1-3-18(20)24(33)34)28-7-8-32-9-11-38-12-10-32/h1-6,13-15,28H,7-12H2,(H2,30,31,35). The minimum Gasteiger partial charge on any atom is -0.384 e. The Bertz CT molecular complexity index is 1720. The summed E-state index contributed by atoms with van der Waals surface area (Å²) in [6.45, 7) is 4.98. The summed E-state index contributed by atoms with van der Waals surface area (Å²) in [6.07, 6.45) is 1.39. The number of nitrogens with zero attached hydrogens (tertiary/aromatic N) is 3. The zero-order valence-electron chi connectivity index (χ0n) is 20.9. The monoisotopic (exact) mass is 622 g/mol. The minimum atomic E-state index is -4.09. The molecule has 3 heterocycles. The van der Waals surface area contributed by atoms with Gasteiger partial charge in [0.1, 0.15) is 10.5 Å². The molecule has 4 aromatic rings. The number of urea groups is 1. The Kier molecular flexibility index (Phi) is 8.59. The number of sulfonamides is 1. The van der Waals surface area contributed by atoms with E-state index in [1.165, 1.54) is 41.2 Å². The highest BCUT2D eigenvalue weighted by Gasteiger charge is 2.20. The van der Waals surface area contributed by atoms with Gasteiger partial charge in [0.25, 0.3) is 15.6 Å². The zero-order chi connectivity index (χ0) is 28.3. The number of rotatable bonds is 8. The highest BCUT2D eigenvalue weighted by Crippen LogP contribution is 2.26. The zero-order valence-corrected chi connectivity index (χ0v) is 24.0. The van der Waals surface area contributed by atoms with Crippen LogP contribution in [-0.2, 0) is 14.8 Å². The molecule has 40 heavy (non-hydrogen) atoms. The summed E-state index contributed by atoms with van der Waals surface area (Å²) in [5.41, 5.74) is 1.66. The Balaban J connectivity index is 1.27. The molecule has 2 aromatic carbocycles. The largest absolute Gasteiger partial charge is 0.384 e. The molecule has 0 saturated carbocycles. The first-order chi connectivity index (χ1) is 19.2. The smallest absolute Gasteiger partial charge is 0.333 e. The molecule has 0 atom stereocenters. The number of nitrogens with one attached hydrogen (secondary N) is 3. The van der Waals surface area contributed by atoms with Crippen molar-refractivity contribution < 1.29 is 17.9 Å². The molecular weight excluding hydrogens is 599 g/mol. The second kappa shape index (κ2) is 12.1. The third-order valence-electron chi connectivity index (χ3n) is 6.13. The first kappa shape index (κ1) is 28.3. The molecule has 1 aliphatic rings. The van der Waals surface area contributed by atoms with E-state index in [0.29, 0.717) is 16.6 Å². The van der Waals surface area contributed by atoms with Crippen molar-refractivity contribution in [3.05, 3.63) is 74.6 Å². The molecule has 0 unspecified atom stereocenters. The van der Waals surface area contributed by atoms with Crippen LogP contribution in [0.2, 0.25) is 9.36 Å². The van der Waals surface area contributed by atoms with Gasteiger partial charge in [0.05, 0.1) is 39.2 Å². The summed E-state index contributed by atoms with van der Waals surface area (Å²) >= 11 is 13.0. The van der Waals surface area contributed by atoms with E-state index in [0.717, 1.165) is 56.4 Å². The number of halogens is 2. The Labute approximate surface area is 243 Å². The second-order valence-electron chi connectivity index (χ2n) is 8.82. The molecule has 1 aliphatic heterocycles. The number of aromatic nitrogens is 2. The lowest BCUT2D eigenvalue weighted by Gasteiger charge is -2.26. The van der Waals surface area contributed by atoms with Crippen LogP contribution in [0.4, 0.5) is 16.2 Å². The number of anilines is 2. The van der Waals surface area contributed by atoms with Crippen molar-refractivity contribution in [3.8, 4) is 5.69 Å². The number of benzene rings is 2. The maximum absolute atomic E-state index is 13.2. The third-order valence-corrected chi connectivity index (χ3v) is 9.48. The normalized spacial score (nSPS) is 14.2. The van der Waals surface area contributed by atoms with Crippen LogP contribution in [0.3, 0.4) is 0 Å². The number of carbonyl (C=O) groups excluding carboxylic acids is 1. The predicted molar refractivity (Wildman–Crippen MR) is 157 cm³/mol. The van der Waals surface area contributed by atoms with Gasteiger partial charge in [-0.05, 0) is 48.5 Å². The SMILES string of the molecule is O=C(Nc1ccc(-n2cnc3cc(NCCN4CCOCC4)ccc3c2=O)c(Cl)c1)NS(=O)(=O)c1ccc(Cl)s1. The minimum absolute atomic E-state index is 0.0971. The summed E-state index contributed by atoms with van der Waals surface area (Å²) in [5.74, 6) is 0. The number of ether oxygens (including phenoxy) is 1. The second-order valence-corrected chi connectivity index (χ2v) is 12.8. The van der Waals surface area contributed by atoms with Crippen LogP contribution in [0.25, 0.3) is 16.6 Å². The number of amides is 2. The molecule has 0 radical (unpaired) electrons. The van der Waals surface area contributed by atoms with Gasteiger partial charge in [-0.15, -0.1) is 11.3 Å². The van der Waals surface area contributed by atoms with E-state index in [4.69, 9.17) is 27.9 Å². The summed E-state index contributed by atoms with van der Waals surface area (Å²) in [4.78, 5) is 32.3. The fraction of sp³-hybridized carbons (Fsp3) is 0.240. The Hall–Kier alpha value is -3.20. The number of hydrogen-bond donors (Lipinski definition) is 3. The van der Waals surface area contributed by atoms with Gasteiger partial charge < -0.3 is 15.4 Å². The maximum Gasteiger partial charge on any atom is 0.333 e. The van der Waals surface area contributed by atoms with Crippen LogP contribution in [-0.4, -0.2) is 68.3 Å². The van der Waals surface area contributed by atoms with E-state index in [1.807, 2.05) is 16.9 Å². The van der Waals surface area contributed by atoms with Gasteiger partial charge in [-0.1, -0.05) is 23.2 Å². The quantitative estimate of drug-likeness (QED) is 0.268. The topological polar surface area (TPSA) is 135 Å². The lowest BCUT2D eigenvalue weighted by molar-refractivity contribution is 0.0398. The van der Waals surface area contributed by atoms with E-state index in [1.54, 1.807) is 6.07 Å². The summed E-state index contributed by atoms with van der Waals surface area (Å²) in [6, 6.07) is 11.5. The Morgan fingerprint density at radius 1 is 1.05 bits per heavy atom. The van der Waals surface area contributed by atoms with Gasteiger partial charge in [-0.2, -0.15) is 0 Å². The van der Waals surface area contributed by atoms with Crippen LogP contribution in [0.15, 0.2) is 63.9 Å². The first-order valence-electron chi connectivity index (χ1n) is 12.1. The molecule has 0 spiro atoms. The molecule has 0 aliphatic carbocycles. The van der Waals surface area contributed by atoms with Crippen LogP contribution in [0.5, 0.6) is 0 Å². The van der Waals surface area contributed by atoms with Crippen molar-refractivity contribution >= 4 is 72.9 Å². The molecule has 5 rings (SSSR count). The molecule has 2 aromatic heterocycles. The van der Waals surface area contributed by atoms with Crippen LogP contribution < -0.4 is 20.9 Å². The first-order valence-corrected chi connectivity index (χ1v) is 15.2. The summed E-state index contributed by atoms with van der Waals surface area (Å²) in [7, 11) is -4.09. The number of thiophene rings is 1. The van der Waals surface area contributed by atoms with Crippen LogP contribution >= 0.6 is 34.5 Å². The molecule has 15 heteroatoms. The van der Waals surface area contributed by atoms with Gasteiger partial charge >= 0.3 is 6.03 Å². The van der Waals surface area contributed by atoms with Crippen LogP contribution in [0.1, 0.15) is 0 Å².